The summed E-state index contributed by atoms with van der Waals surface area (Å²) < 4.78 is 5.16. The third-order valence-corrected chi connectivity index (χ3v) is 8.58. The maximum atomic E-state index is 14.1. The molecule has 1 amide bonds. The van der Waals surface area contributed by atoms with Gasteiger partial charge < -0.3 is 15.0 Å². The minimum atomic E-state index is -0.374. The van der Waals surface area contributed by atoms with Crippen LogP contribution < -0.4 is 10.2 Å². The van der Waals surface area contributed by atoms with Crippen LogP contribution in [0.4, 0.5) is 5.69 Å². The second kappa shape index (κ2) is 10.8. The van der Waals surface area contributed by atoms with E-state index in [9.17, 15) is 9.59 Å². The molecule has 1 saturated heterocycles. The third-order valence-electron chi connectivity index (χ3n) is 7.43. The largest absolute Gasteiger partial charge is 0.465 e. The van der Waals surface area contributed by atoms with Gasteiger partial charge in [0.1, 0.15) is 4.88 Å². The number of benzene rings is 1. The van der Waals surface area contributed by atoms with Crippen LogP contribution >= 0.6 is 11.3 Å². The molecule has 1 saturated carbocycles. The summed E-state index contributed by atoms with van der Waals surface area (Å²) in [5, 5.41) is 3.50. The highest BCUT2D eigenvalue weighted by Gasteiger charge is 2.37. The summed E-state index contributed by atoms with van der Waals surface area (Å²) in [7, 11) is 1.41. The van der Waals surface area contributed by atoms with Gasteiger partial charge in [0, 0.05) is 16.8 Å². The van der Waals surface area contributed by atoms with Gasteiger partial charge in [-0.25, -0.2) is 4.79 Å². The van der Waals surface area contributed by atoms with Crippen molar-refractivity contribution in [1.82, 2.24) is 5.32 Å². The van der Waals surface area contributed by atoms with E-state index in [0.717, 1.165) is 62.1 Å². The fourth-order valence-electron chi connectivity index (χ4n) is 5.29. The fraction of sp³-hybridized carbons (Fsp3) is 0.556. The van der Waals surface area contributed by atoms with Crippen molar-refractivity contribution in [2.45, 2.75) is 58.4 Å². The summed E-state index contributed by atoms with van der Waals surface area (Å²) >= 11 is 1.42. The summed E-state index contributed by atoms with van der Waals surface area (Å²) in [5.41, 5.74) is 1.76. The standard InChI is InChI=1S/C27H36N2O3S/c1-18-11-13-21(14-12-18)26(30)29(19(2)22-10-7-15-28-17-22)23-16-24(20-8-5-4-6-9-20)33-25(23)27(31)32-3/h4-6,8-9,16,18-19,21-22,28H,7,10-15,17H2,1-3H3. The molecule has 2 unspecified atom stereocenters. The number of piperidine rings is 1. The van der Waals surface area contributed by atoms with Crippen molar-refractivity contribution in [3.8, 4) is 10.4 Å². The van der Waals surface area contributed by atoms with Gasteiger partial charge in [0.15, 0.2) is 0 Å². The SMILES string of the molecule is COC(=O)c1sc(-c2ccccc2)cc1N(C(=O)C1CCC(C)CC1)C(C)C1CCCNC1. The van der Waals surface area contributed by atoms with Crippen LogP contribution in [0.25, 0.3) is 10.4 Å². The molecular weight excluding hydrogens is 432 g/mol. The number of hydrogen-bond acceptors (Lipinski definition) is 5. The number of methoxy groups -OCH3 is 1. The highest BCUT2D eigenvalue weighted by Crippen LogP contribution is 2.41. The van der Waals surface area contributed by atoms with Gasteiger partial charge in [-0.1, -0.05) is 37.3 Å². The van der Waals surface area contributed by atoms with Gasteiger partial charge in [-0.2, -0.15) is 0 Å². The molecule has 4 rings (SSSR count). The highest BCUT2D eigenvalue weighted by molar-refractivity contribution is 7.18. The Morgan fingerprint density at radius 3 is 2.48 bits per heavy atom. The molecule has 5 nitrogen and oxygen atoms in total. The molecule has 2 heterocycles. The lowest BCUT2D eigenvalue weighted by molar-refractivity contribution is -0.124. The molecule has 0 radical (unpaired) electrons. The maximum Gasteiger partial charge on any atom is 0.350 e. The van der Waals surface area contributed by atoms with Crippen molar-refractivity contribution >= 4 is 28.9 Å². The number of carbonyl (C=O) groups is 2. The van der Waals surface area contributed by atoms with Crippen molar-refractivity contribution in [3.63, 3.8) is 0 Å². The summed E-state index contributed by atoms with van der Waals surface area (Å²) in [6.07, 6.45) is 6.23. The predicted octanol–water partition coefficient (Wildman–Crippen LogP) is 5.75. The number of hydrogen-bond donors (Lipinski definition) is 1. The number of anilines is 1. The fourth-order valence-corrected chi connectivity index (χ4v) is 6.36. The van der Waals surface area contributed by atoms with Crippen LogP contribution in [0.3, 0.4) is 0 Å². The van der Waals surface area contributed by atoms with E-state index in [1.165, 1.54) is 18.4 Å². The van der Waals surface area contributed by atoms with Gasteiger partial charge in [-0.05, 0) is 82.0 Å². The summed E-state index contributed by atoms with van der Waals surface area (Å²) in [6.45, 7) is 6.36. The Balaban J connectivity index is 1.76. The normalized spacial score (nSPS) is 24.2. The molecule has 2 aliphatic rings. The number of thiophene rings is 1. The van der Waals surface area contributed by atoms with Crippen molar-refractivity contribution in [3.05, 3.63) is 41.3 Å². The van der Waals surface area contributed by atoms with E-state index in [-0.39, 0.29) is 23.8 Å². The van der Waals surface area contributed by atoms with Crippen molar-refractivity contribution in [2.75, 3.05) is 25.1 Å². The molecule has 33 heavy (non-hydrogen) atoms. The molecule has 1 N–H and O–H groups in total. The van der Waals surface area contributed by atoms with Crippen LogP contribution in [0, 0.1) is 17.8 Å². The van der Waals surface area contributed by atoms with Crippen LogP contribution in [0.15, 0.2) is 36.4 Å². The molecule has 2 aromatic rings. The van der Waals surface area contributed by atoms with Crippen LogP contribution in [-0.4, -0.2) is 38.1 Å². The predicted molar refractivity (Wildman–Crippen MR) is 135 cm³/mol. The zero-order chi connectivity index (χ0) is 23.4. The first-order chi connectivity index (χ1) is 16.0. The molecule has 1 aliphatic carbocycles. The number of nitrogens with one attached hydrogen (secondary N) is 1. The van der Waals surface area contributed by atoms with Gasteiger partial charge in [0.05, 0.1) is 12.8 Å². The quantitative estimate of drug-likeness (QED) is 0.549. The number of amides is 1. The number of rotatable bonds is 6. The van der Waals surface area contributed by atoms with Crippen molar-refractivity contribution in [1.29, 1.82) is 0 Å². The van der Waals surface area contributed by atoms with Crippen molar-refractivity contribution < 1.29 is 14.3 Å². The average molecular weight is 469 g/mol. The van der Waals surface area contributed by atoms with Gasteiger partial charge in [-0.15, -0.1) is 11.3 Å². The van der Waals surface area contributed by atoms with E-state index >= 15 is 0 Å². The monoisotopic (exact) mass is 468 g/mol. The van der Waals surface area contributed by atoms with Gasteiger partial charge >= 0.3 is 5.97 Å². The Bertz CT molecular complexity index is 944. The number of ether oxygens (including phenoxy) is 1. The van der Waals surface area contributed by atoms with Crippen LogP contribution in [0.1, 0.15) is 62.0 Å². The molecule has 0 bridgehead atoms. The lowest BCUT2D eigenvalue weighted by atomic mass is 9.81. The Kier molecular flexibility index (Phi) is 7.86. The second-order valence-corrected chi connectivity index (χ2v) is 10.7. The molecule has 178 valence electrons. The number of esters is 1. The first kappa shape index (κ1) is 24.0. The van der Waals surface area contributed by atoms with E-state index in [0.29, 0.717) is 22.4 Å². The van der Waals surface area contributed by atoms with Gasteiger partial charge in [0.25, 0.3) is 0 Å². The smallest absolute Gasteiger partial charge is 0.350 e. The van der Waals surface area contributed by atoms with Crippen LogP contribution in [-0.2, 0) is 9.53 Å². The molecule has 6 heteroatoms. The van der Waals surface area contributed by atoms with Gasteiger partial charge in [0.2, 0.25) is 5.91 Å². The average Bonchev–Trinajstić information content (AvgIpc) is 3.30. The molecule has 2 fully saturated rings. The minimum absolute atomic E-state index is 0.00581. The summed E-state index contributed by atoms with van der Waals surface area (Å²) in [4.78, 5) is 30.4. The van der Waals surface area contributed by atoms with Crippen molar-refractivity contribution in [2.24, 2.45) is 17.8 Å². The zero-order valence-corrected chi connectivity index (χ0v) is 20.8. The number of nitrogens with zero attached hydrogens (tertiary/aromatic N) is 1. The topological polar surface area (TPSA) is 58.6 Å². The van der Waals surface area contributed by atoms with Crippen LogP contribution in [0.5, 0.6) is 0 Å². The Labute approximate surface area is 201 Å². The first-order valence-electron chi connectivity index (χ1n) is 12.3. The summed E-state index contributed by atoms with van der Waals surface area (Å²) in [6, 6.07) is 12.1. The summed E-state index contributed by atoms with van der Waals surface area (Å²) in [5.74, 6) is 0.851. The maximum absolute atomic E-state index is 14.1. The van der Waals surface area contributed by atoms with Crippen LogP contribution in [0.2, 0.25) is 0 Å². The molecule has 2 atom stereocenters. The molecule has 1 aliphatic heterocycles. The lowest BCUT2D eigenvalue weighted by Gasteiger charge is -2.39. The lowest BCUT2D eigenvalue weighted by Crippen LogP contribution is -2.50. The van der Waals surface area contributed by atoms with E-state index in [4.69, 9.17) is 4.74 Å². The third kappa shape index (κ3) is 5.33. The molecule has 1 aromatic heterocycles. The molecule has 0 spiro atoms. The Hall–Kier alpha value is -2.18. The first-order valence-corrected chi connectivity index (χ1v) is 13.1. The van der Waals surface area contributed by atoms with E-state index in [1.54, 1.807) is 0 Å². The Morgan fingerprint density at radius 2 is 1.85 bits per heavy atom. The minimum Gasteiger partial charge on any atom is -0.465 e. The second-order valence-electron chi connectivity index (χ2n) is 9.69. The van der Waals surface area contributed by atoms with E-state index in [2.05, 4.69) is 19.2 Å². The number of carbonyl (C=O) groups excluding carboxylic acids is 2. The highest BCUT2D eigenvalue weighted by atomic mass is 32.1. The zero-order valence-electron chi connectivity index (χ0n) is 20.0. The van der Waals surface area contributed by atoms with Gasteiger partial charge in [-0.3, -0.25) is 4.79 Å². The van der Waals surface area contributed by atoms with E-state index < -0.39 is 0 Å². The Morgan fingerprint density at radius 1 is 1.12 bits per heavy atom. The molecule has 1 aromatic carbocycles. The molecular formula is C27H36N2O3S. The van der Waals surface area contributed by atoms with E-state index in [1.807, 2.05) is 41.3 Å².